The molecule has 6 nitrogen and oxygen atoms in total. The summed E-state index contributed by atoms with van der Waals surface area (Å²) in [5.74, 6) is 0.943. The molecule has 0 bridgehead atoms. The molecule has 0 aliphatic carbocycles. The topological polar surface area (TPSA) is 76.3 Å². The number of aliphatic imine (C=N–C) groups is 1. The summed E-state index contributed by atoms with van der Waals surface area (Å²) in [4.78, 5) is 10.6. The summed E-state index contributed by atoms with van der Waals surface area (Å²) < 4.78 is 0. The first-order valence-corrected chi connectivity index (χ1v) is 5.18. The van der Waals surface area contributed by atoms with Gasteiger partial charge in [-0.05, 0) is 26.2 Å². The number of nitrogens with zero attached hydrogens (tertiary/aromatic N) is 4. The molecule has 0 saturated heterocycles. The highest BCUT2D eigenvalue weighted by molar-refractivity contribution is 5.83. The minimum absolute atomic E-state index is 0.377. The number of nitriles is 1. The highest BCUT2D eigenvalue weighted by Crippen LogP contribution is 2.09. The lowest BCUT2D eigenvalue weighted by molar-refractivity contribution is 0.397. The van der Waals surface area contributed by atoms with Crippen LogP contribution < -0.4 is 10.6 Å². The molecule has 90 valence electrons. The fourth-order valence-electron chi connectivity index (χ4n) is 1.26. The van der Waals surface area contributed by atoms with Crippen LogP contribution in [0.25, 0.3) is 0 Å². The molecule has 0 radical (unpaired) electrons. The lowest BCUT2D eigenvalue weighted by Gasteiger charge is -2.09. The molecule has 0 amide bonds. The van der Waals surface area contributed by atoms with Crippen LogP contribution in [0.15, 0.2) is 23.2 Å². The van der Waals surface area contributed by atoms with Gasteiger partial charge in [0.15, 0.2) is 12.0 Å². The maximum atomic E-state index is 8.51. The molecule has 6 heteroatoms. The van der Waals surface area contributed by atoms with Gasteiger partial charge in [0.05, 0.1) is 5.69 Å². The van der Waals surface area contributed by atoms with Gasteiger partial charge >= 0.3 is 0 Å². The third-order valence-electron chi connectivity index (χ3n) is 1.91. The Bertz CT molecular complexity index is 432. The normalized spacial score (nSPS) is 11.1. The molecule has 0 aromatic carbocycles. The summed E-state index contributed by atoms with van der Waals surface area (Å²) in [7, 11) is 5.65. The second-order valence-electron chi connectivity index (χ2n) is 3.67. The fourth-order valence-corrected chi connectivity index (χ4v) is 1.26. The van der Waals surface area contributed by atoms with Gasteiger partial charge in [-0.25, -0.2) is 4.98 Å². The highest BCUT2D eigenvalue weighted by atomic mass is 15.2. The lowest BCUT2D eigenvalue weighted by Crippen LogP contribution is -2.30. The van der Waals surface area contributed by atoms with Crippen LogP contribution in [0.1, 0.15) is 5.69 Å². The van der Waals surface area contributed by atoms with Gasteiger partial charge in [0.25, 0.3) is 0 Å². The Morgan fingerprint density at radius 3 is 2.88 bits per heavy atom. The average Bonchev–Trinajstić information content (AvgIpc) is 2.28. The molecule has 0 saturated carbocycles. The fraction of sp³-hybridized carbons (Fsp3) is 0.364. The van der Waals surface area contributed by atoms with Crippen LogP contribution in [0.4, 0.5) is 5.82 Å². The molecule has 0 atom stereocenters. The summed E-state index contributed by atoms with van der Waals surface area (Å²) in [6.07, 6.45) is 1.81. The molecule has 0 unspecified atom stereocenters. The summed E-state index contributed by atoms with van der Waals surface area (Å²) in [6, 6.07) is 5.62. The first-order valence-electron chi connectivity index (χ1n) is 5.18. The van der Waals surface area contributed by atoms with Crippen molar-refractivity contribution in [2.24, 2.45) is 4.99 Å². The number of hydrogen-bond acceptors (Lipinski definition) is 4. The third kappa shape index (κ3) is 4.49. The van der Waals surface area contributed by atoms with Crippen molar-refractivity contribution in [3.8, 4) is 6.19 Å². The van der Waals surface area contributed by atoms with E-state index < -0.39 is 0 Å². The number of nitrogens with one attached hydrogen (secondary N) is 2. The average molecular weight is 232 g/mol. The van der Waals surface area contributed by atoms with E-state index in [9.17, 15) is 0 Å². The number of aromatic nitrogens is 1. The van der Waals surface area contributed by atoms with Crippen molar-refractivity contribution >= 4 is 11.8 Å². The zero-order chi connectivity index (χ0) is 12.7. The van der Waals surface area contributed by atoms with Crippen molar-refractivity contribution in [2.75, 3.05) is 21.1 Å². The molecule has 1 aromatic heterocycles. The van der Waals surface area contributed by atoms with E-state index in [1.54, 1.807) is 19.3 Å². The maximum absolute atomic E-state index is 8.51. The van der Waals surface area contributed by atoms with Crippen molar-refractivity contribution < 1.29 is 0 Å². The van der Waals surface area contributed by atoms with Gasteiger partial charge in [-0.15, -0.1) is 0 Å². The van der Waals surface area contributed by atoms with Crippen LogP contribution in [0.3, 0.4) is 0 Å². The van der Waals surface area contributed by atoms with Crippen LogP contribution in [0.5, 0.6) is 0 Å². The third-order valence-corrected chi connectivity index (χ3v) is 1.91. The van der Waals surface area contributed by atoms with Crippen molar-refractivity contribution in [2.45, 2.75) is 6.54 Å². The van der Waals surface area contributed by atoms with Crippen molar-refractivity contribution in [1.29, 1.82) is 5.26 Å². The Morgan fingerprint density at radius 2 is 2.29 bits per heavy atom. The van der Waals surface area contributed by atoms with E-state index >= 15 is 0 Å². The maximum Gasteiger partial charge on any atom is 0.211 e. The Balaban J connectivity index is 2.88. The number of guanidine groups is 1. The minimum atomic E-state index is 0.377. The highest BCUT2D eigenvalue weighted by Gasteiger charge is 2.00. The second kappa shape index (κ2) is 6.45. The van der Waals surface area contributed by atoms with Crippen LogP contribution in [-0.2, 0) is 6.54 Å². The Labute approximate surface area is 101 Å². The zero-order valence-corrected chi connectivity index (χ0v) is 10.2. The second-order valence-corrected chi connectivity index (χ2v) is 3.67. The predicted octanol–water partition coefficient (Wildman–Crippen LogP) is 0.421. The lowest BCUT2D eigenvalue weighted by atomic mass is 10.3. The Morgan fingerprint density at radius 1 is 1.53 bits per heavy atom. The van der Waals surface area contributed by atoms with E-state index in [0.717, 1.165) is 12.2 Å². The van der Waals surface area contributed by atoms with Crippen molar-refractivity contribution in [1.82, 2.24) is 20.5 Å². The van der Waals surface area contributed by atoms with Crippen LogP contribution in [0.2, 0.25) is 0 Å². The van der Waals surface area contributed by atoms with E-state index in [4.69, 9.17) is 5.26 Å². The van der Waals surface area contributed by atoms with Crippen LogP contribution in [-0.4, -0.2) is 37.0 Å². The first kappa shape index (κ1) is 12.9. The molecule has 0 aliphatic heterocycles. The summed E-state index contributed by atoms with van der Waals surface area (Å²) >= 11 is 0. The smallest absolute Gasteiger partial charge is 0.211 e. The molecule has 0 spiro atoms. The van der Waals surface area contributed by atoms with Gasteiger partial charge < -0.3 is 10.2 Å². The molecule has 2 N–H and O–H groups in total. The van der Waals surface area contributed by atoms with Crippen LogP contribution in [0, 0.1) is 11.5 Å². The SMILES string of the molecule is CN/C(=N/c1cccc(CN(C)C)n1)NC#N. The minimum Gasteiger partial charge on any atom is -0.358 e. The number of pyridine rings is 1. The van der Waals surface area contributed by atoms with E-state index in [0.29, 0.717) is 11.8 Å². The predicted molar refractivity (Wildman–Crippen MR) is 66.5 cm³/mol. The summed E-state index contributed by atoms with van der Waals surface area (Å²) in [5.41, 5.74) is 0.934. The molecule has 1 aromatic rings. The Kier molecular flexibility index (Phi) is 4.91. The van der Waals surface area contributed by atoms with E-state index in [1.165, 1.54) is 0 Å². The van der Waals surface area contributed by atoms with Gasteiger partial charge in [-0.2, -0.15) is 10.3 Å². The van der Waals surface area contributed by atoms with Gasteiger partial charge in [0.1, 0.15) is 0 Å². The molecular formula is C11H16N6. The van der Waals surface area contributed by atoms with E-state index in [1.807, 2.05) is 31.1 Å². The molecule has 0 fully saturated rings. The quantitative estimate of drug-likeness (QED) is 0.342. The largest absolute Gasteiger partial charge is 0.358 e. The van der Waals surface area contributed by atoms with Gasteiger partial charge in [0, 0.05) is 13.6 Å². The number of rotatable bonds is 3. The molecule has 1 heterocycles. The van der Waals surface area contributed by atoms with Crippen molar-refractivity contribution in [3.63, 3.8) is 0 Å². The van der Waals surface area contributed by atoms with Gasteiger partial charge in [0.2, 0.25) is 5.96 Å². The van der Waals surface area contributed by atoms with Crippen LogP contribution >= 0.6 is 0 Å². The molecule has 0 aliphatic rings. The summed E-state index contributed by atoms with van der Waals surface area (Å²) in [5, 5.41) is 13.7. The van der Waals surface area contributed by atoms with Gasteiger partial charge in [-0.3, -0.25) is 5.32 Å². The van der Waals surface area contributed by atoms with E-state index in [-0.39, 0.29) is 0 Å². The standard InChI is InChI=1S/C11H16N6/c1-13-11(14-8-12)16-10-6-4-5-9(15-10)7-17(2)3/h4-6H,7H2,1-3H3,(H2,13,14,15,16). The van der Waals surface area contributed by atoms with Crippen molar-refractivity contribution in [3.05, 3.63) is 23.9 Å². The number of hydrogen-bond donors (Lipinski definition) is 2. The molecular weight excluding hydrogens is 216 g/mol. The molecule has 1 rings (SSSR count). The van der Waals surface area contributed by atoms with E-state index in [2.05, 4.69) is 20.6 Å². The van der Waals surface area contributed by atoms with Gasteiger partial charge in [-0.1, -0.05) is 6.07 Å². The molecule has 17 heavy (non-hydrogen) atoms. The Hall–Kier alpha value is -2.13. The zero-order valence-electron chi connectivity index (χ0n) is 10.2. The first-order chi connectivity index (χ1) is 8.15. The monoisotopic (exact) mass is 232 g/mol. The summed E-state index contributed by atoms with van der Waals surface area (Å²) in [6.45, 7) is 0.754.